The van der Waals surface area contributed by atoms with Crippen LogP contribution < -0.4 is 5.32 Å². The molecular weight excluding hydrogens is 228 g/mol. The summed E-state index contributed by atoms with van der Waals surface area (Å²) in [6, 6.07) is 0. The number of rotatable bonds is 5. The lowest BCUT2D eigenvalue weighted by Gasteiger charge is -2.01. The minimum atomic E-state index is -0.810. The number of aryl methyl sites for hydroxylation is 1. The molecule has 0 atom stereocenters. The summed E-state index contributed by atoms with van der Waals surface area (Å²) in [5, 5.41) is 18.2. The van der Waals surface area contributed by atoms with Crippen LogP contribution in [-0.2, 0) is 22.5 Å². The number of amides is 2. The predicted octanol–water partition coefficient (Wildman–Crippen LogP) is -0.914. The predicted molar refractivity (Wildman–Crippen MR) is 56.0 cm³/mol. The maximum absolute atomic E-state index is 11.3. The highest BCUT2D eigenvalue weighted by molar-refractivity contribution is 5.91. The molecule has 0 bridgehead atoms. The minimum Gasteiger partial charge on any atom is -0.453 e. The Labute approximate surface area is 97.6 Å². The monoisotopic (exact) mass is 242 g/mol. The minimum absolute atomic E-state index is 0.0791. The van der Waals surface area contributed by atoms with Gasteiger partial charge in [-0.2, -0.15) is 0 Å². The summed E-state index contributed by atoms with van der Waals surface area (Å²) in [5.74, 6) is -0.532. The van der Waals surface area contributed by atoms with E-state index in [0.29, 0.717) is 18.5 Å². The third kappa shape index (κ3) is 4.60. The van der Waals surface area contributed by atoms with E-state index >= 15 is 0 Å². The van der Waals surface area contributed by atoms with Crippen molar-refractivity contribution in [1.29, 1.82) is 0 Å². The molecule has 0 aliphatic carbocycles. The number of nitrogens with zero attached hydrogens (tertiary/aromatic N) is 3. The first-order chi connectivity index (χ1) is 8.15. The molecular formula is C9H14N4O4. The van der Waals surface area contributed by atoms with E-state index in [1.54, 1.807) is 6.20 Å². The van der Waals surface area contributed by atoms with Crippen molar-refractivity contribution in [3.8, 4) is 0 Å². The molecule has 0 saturated carbocycles. The molecule has 0 aliphatic rings. The lowest BCUT2D eigenvalue weighted by molar-refractivity contribution is -0.121. The number of aliphatic hydroxyl groups is 1. The third-order valence-electron chi connectivity index (χ3n) is 1.91. The highest BCUT2D eigenvalue weighted by atomic mass is 16.5. The van der Waals surface area contributed by atoms with Crippen LogP contribution in [0.25, 0.3) is 0 Å². The fourth-order valence-electron chi connectivity index (χ4n) is 1.14. The average molecular weight is 242 g/mol. The van der Waals surface area contributed by atoms with Gasteiger partial charge in [-0.3, -0.25) is 10.1 Å². The van der Waals surface area contributed by atoms with Crippen LogP contribution in [0.3, 0.4) is 0 Å². The lowest BCUT2D eigenvalue weighted by Crippen LogP contribution is -2.33. The molecule has 1 heterocycles. The molecule has 0 saturated heterocycles. The second-order valence-corrected chi connectivity index (χ2v) is 3.27. The molecule has 0 fully saturated rings. The number of ether oxygens (including phenoxy) is 1. The van der Waals surface area contributed by atoms with E-state index in [1.165, 1.54) is 11.8 Å². The molecule has 0 aromatic carbocycles. The number of nitrogens with one attached hydrogen (secondary N) is 1. The SMILES string of the molecule is COC(=O)NC(=O)Cn1cc(CCCO)nn1. The summed E-state index contributed by atoms with van der Waals surface area (Å²) >= 11 is 0. The van der Waals surface area contributed by atoms with Crippen LogP contribution in [0.2, 0.25) is 0 Å². The number of carbonyl (C=O) groups is 2. The molecule has 8 nitrogen and oxygen atoms in total. The van der Waals surface area contributed by atoms with E-state index < -0.39 is 12.0 Å². The van der Waals surface area contributed by atoms with Crippen LogP contribution in [0.15, 0.2) is 6.20 Å². The third-order valence-corrected chi connectivity index (χ3v) is 1.91. The highest BCUT2D eigenvalue weighted by Crippen LogP contribution is 1.97. The Bertz CT molecular complexity index is 390. The van der Waals surface area contributed by atoms with Gasteiger partial charge in [0.05, 0.1) is 12.8 Å². The Morgan fingerprint density at radius 3 is 3.00 bits per heavy atom. The van der Waals surface area contributed by atoms with Gasteiger partial charge >= 0.3 is 6.09 Å². The largest absolute Gasteiger partial charge is 0.453 e. The van der Waals surface area contributed by atoms with Crippen molar-refractivity contribution in [2.45, 2.75) is 19.4 Å². The molecule has 2 amide bonds. The van der Waals surface area contributed by atoms with Gasteiger partial charge in [0.1, 0.15) is 6.54 Å². The Morgan fingerprint density at radius 1 is 1.59 bits per heavy atom. The van der Waals surface area contributed by atoms with Crippen molar-refractivity contribution in [3.05, 3.63) is 11.9 Å². The zero-order valence-electron chi connectivity index (χ0n) is 9.42. The number of hydrogen-bond acceptors (Lipinski definition) is 6. The summed E-state index contributed by atoms with van der Waals surface area (Å²) in [6.07, 6.45) is 1.96. The van der Waals surface area contributed by atoms with Crippen LogP contribution in [0.4, 0.5) is 4.79 Å². The van der Waals surface area contributed by atoms with Gasteiger partial charge in [0.2, 0.25) is 0 Å². The van der Waals surface area contributed by atoms with Gasteiger partial charge in [-0.05, 0) is 12.8 Å². The van der Waals surface area contributed by atoms with Gasteiger partial charge in [0, 0.05) is 12.8 Å². The van der Waals surface area contributed by atoms with Gasteiger partial charge in [0.25, 0.3) is 5.91 Å². The van der Waals surface area contributed by atoms with Crippen molar-refractivity contribution >= 4 is 12.0 Å². The number of aromatic nitrogens is 3. The number of methoxy groups -OCH3 is 1. The van der Waals surface area contributed by atoms with E-state index in [1.807, 2.05) is 5.32 Å². The summed E-state index contributed by atoms with van der Waals surface area (Å²) in [7, 11) is 1.17. The Hall–Kier alpha value is -1.96. The first kappa shape index (κ1) is 13.1. The molecule has 1 rings (SSSR count). The molecule has 0 radical (unpaired) electrons. The van der Waals surface area contributed by atoms with Crippen LogP contribution in [-0.4, -0.2) is 45.8 Å². The first-order valence-electron chi connectivity index (χ1n) is 5.03. The number of carbonyl (C=O) groups excluding carboxylic acids is 2. The zero-order valence-corrected chi connectivity index (χ0v) is 9.42. The Kier molecular flexibility index (Phi) is 5.08. The number of alkyl carbamates (subject to hydrolysis) is 1. The fourth-order valence-corrected chi connectivity index (χ4v) is 1.14. The Morgan fingerprint density at radius 2 is 2.35 bits per heavy atom. The maximum atomic E-state index is 11.3. The first-order valence-corrected chi connectivity index (χ1v) is 5.03. The second-order valence-electron chi connectivity index (χ2n) is 3.27. The highest BCUT2D eigenvalue weighted by Gasteiger charge is 2.09. The van der Waals surface area contributed by atoms with Crippen molar-refractivity contribution in [2.24, 2.45) is 0 Å². The maximum Gasteiger partial charge on any atom is 0.413 e. The molecule has 0 spiro atoms. The quantitative estimate of drug-likeness (QED) is 0.692. The van der Waals surface area contributed by atoms with Crippen LogP contribution >= 0.6 is 0 Å². The lowest BCUT2D eigenvalue weighted by atomic mass is 10.3. The smallest absolute Gasteiger partial charge is 0.413 e. The summed E-state index contributed by atoms with van der Waals surface area (Å²) in [5.41, 5.74) is 0.685. The van der Waals surface area contributed by atoms with Crippen LogP contribution in [0, 0.1) is 0 Å². The average Bonchev–Trinajstić information content (AvgIpc) is 2.73. The van der Waals surface area contributed by atoms with Crippen molar-refractivity contribution in [2.75, 3.05) is 13.7 Å². The number of imide groups is 1. The van der Waals surface area contributed by atoms with Crippen molar-refractivity contribution in [1.82, 2.24) is 20.3 Å². The van der Waals surface area contributed by atoms with Gasteiger partial charge < -0.3 is 9.84 Å². The summed E-state index contributed by atoms with van der Waals surface area (Å²) in [4.78, 5) is 22.0. The molecule has 1 aromatic rings. The van der Waals surface area contributed by atoms with Gasteiger partial charge in [0.15, 0.2) is 0 Å². The topological polar surface area (TPSA) is 106 Å². The molecule has 0 aliphatic heterocycles. The van der Waals surface area contributed by atoms with E-state index in [4.69, 9.17) is 5.11 Å². The van der Waals surface area contributed by atoms with Gasteiger partial charge in [-0.25, -0.2) is 9.48 Å². The molecule has 0 unspecified atom stereocenters. The van der Waals surface area contributed by atoms with Gasteiger partial charge in [-0.15, -0.1) is 5.10 Å². The van der Waals surface area contributed by atoms with E-state index in [2.05, 4.69) is 15.0 Å². The second kappa shape index (κ2) is 6.59. The summed E-state index contributed by atoms with van der Waals surface area (Å²) < 4.78 is 5.58. The molecule has 94 valence electrons. The summed E-state index contributed by atoms with van der Waals surface area (Å²) in [6.45, 7) is -0.0308. The molecule has 17 heavy (non-hydrogen) atoms. The zero-order chi connectivity index (χ0) is 12.7. The molecule has 8 heteroatoms. The fraction of sp³-hybridized carbons (Fsp3) is 0.556. The standard InChI is InChI=1S/C9H14N4O4/c1-17-9(16)10-8(15)6-13-5-7(11-12-13)3-2-4-14/h5,14H,2-4,6H2,1H3,(H,10,15,16). The van der Waals surface area contributed by atoms with Crippen LogP contribution in [0.1, 0.15) is 12.1 Å². The van der Waals surface area contributed by atoms with E-state index in [9.17, 15) is 9.59 Å². The molecule has 1 aromatic heterocycles. The van der Waals surface area contributed by atoms with Crippen molar-refractivity contribution < 1.29 is 19.4 Å². The van der Waals surface area contributed by atoms with Crippen LogP contribution in [0.5, 0.6) is 0 Å². The van der Waals surface area contributed by atoms with E-state index in [-0.39, 0.29) is 13.2 Å². The van der Waals surface area contributed by atoms with E-state index in [0.717, 1.165) is 0 Å². The molecule has 2 N–H and O–H groups in total. The normalized spacial score (nSPS) is 10.0. The Balaban J connectivity index is 2.43. The van der Waals surface area contributed by atoms with Crippen molar-refractivity contribution in [3.63, 3.8) is 0 Å². The number of aliphatic hydroxyl groups excluding tert-OH is 1. The number of hydrogen-bond donors (Lipinski definition) is 2. The van der Waals surface area contributed by atoms with Gasteiger partial charge in [-0.1, -0.05) is 5.21 Å².